The zero-order valence-corrected chi connectivity index (χ0v) is 12.7. The Kier molecular flexibility index (Phi) is 4.24. The lowest BCUT2D eigenvalue weighted by atomic mass is 10.0. The summed E-state index contributed by atoms with van der Waals surface area (Å²) >= 11 is 6.24. The van der Waals surface area contributed by atoms with Crippen molar-refractivity contribution in [1.29, 1.82) is 0 Å². The van der Waals surface area contributed by atoms with Gasteiger partial charge in [-0.3, -0.25) is 0 Å². The van der Waals surface area contributed by atoms with Crippen molar-refractivity contribution in [2.45, 2.75) is 25.3 Å². The van der Waals surface area contributed by atoms with Crippen LogP contribution >= 0.6 is 11.6 Å². The van der Waals surface area contributed by atoms with Crippen LogP contribution in [-0.4, -0.2) is 33.6 Å². The summed E-state index contributed by atoms with van der Waals surface area (Å²) in [5, 5.41) is 9.67. The van der Waals surface area contributed by atoms with Gasteiger partial charge in [0.25, 0.3) is 0 Å². The quantitative estimate of drug-likeness (QED) is 0.939. The van der Waals surface area contributed by atoms with Crippen LogP contribution in [0.15, 0.2) is 36.7 Å². The van der Waals surface area contributed by atoms with Gasteiger partial charge in [0.1, 0.15) is 5.82 Å². The minimum atomic E-state index is -1.06. The van der Waals surface area contributed by atoms with E-state index in [1.54, 1.807) is 0 Å². The molecule has 6 heteroatoms. The normalized spacial score (nSPS) is 17.7. The monoisotopic (exact) mass is 317 g/mol. The molecule has 5 nitrogen and oxygen atoms in total. The van der Waals surface area contributed by atoms with Crippen LogP contribution in [-0.2, 0) is 6.42 Å². The maximum atomic E-state index is 10.8. The summed E-state index contributed by atoms with van der Waals surface area (Å²) < 4.78 is 0. The van der Waals surface area contributed by atoms with E-state index < -0.39 is 5.97 Å². The standard InChI is InChI=1S/C16H16ClN3O2/c17-13-6-2-1-4-11(13)8-12-5-3-7-20(12)15-10-18-14(9-19-15)16(21)22/h1-2,4,6,9-10,12H,3,5,7-8H2,(H,21,22). The van der Waals surface area contributed by atoms with Gasteiger partial charge in [0, 0.05) is 17.6 Å². The Morgan fingerprint density at radius 3 is 2.82 bits per heavy atom. The van der Waals surface area contributed by atoms with Crippen molar-refractivity contribution in [3.05, 3.63) is 52.9 Å². The largest absolute Gasteiger partial charge is 0.476 e. The first-order valence-electron chi connectivity index (χ1n) is 7.20. The molecule has 1 fully saturated rings. The lowest BCUT2D eigenvalue weighted by Gasteiger charge is -2.25. The van der Waals surface area contributed by atoms with E-state index in [2.05, 4.69) is 14.9 Å². The zero-order valence-electron chi connectivity index (χ0n) is 11.9. The van der Waals surface area contributed by atoms with Gasteiger partial charge in [-0.15, -0.1) is 0 Å². The topological polar surface area (TPSA) is 66.3 Å². The molecule has 1 aliphatic rings. The van der Waals surface area contributed by atoms with Crippen molar-refractivity contribution in [3.8, 4) is 0 Å². The van der Waals surface area contributed by atoms with Gasteiger partial charge in [-0.25, -0.2) is 14.8 Å². The average molecular weight is 318 g/mol. The minimum Gasteiger partial charge on any atom is -0.476 e. The zero-order chi connectivity index (χ0) is 15.5. The molecule has 22 heavy (non-hydrogen) atoms. The van der Waals surface area contributed by atoms with Crippen LogP contribution in [0.4, 0.5) is 5.82 Å². The van der Waals surface area contributed by atoms with E-state index in [9.17, 15) is 4.79 Å². The SMILES string of the molecule is O=C(O)c1cnc(N2CCCC2Cc2ccccc2Cl)cn1. The maximum absolute atomic E-state index is 10.8. The highest BCUT2D eigenvalue weighted by Gasteiger charge is 2.26. The van der Waals surface area contributed by atoms with E-state index in [-0.39, 0.29) is 5.69 Å². The minimum absolute atomic E-state index is 0.0365. The summed E-state index contributed by atoms with van der Waals surface area (Å²) in [5.74, 6) is -0.340. The highest BCUT2D eigenvalue weighted by atomic mass is 35.5. The summed E-state index contributed by atoms with van der Waals surface area (Å²) in [7, 11) is 0. The number of hydrogen-bond acceptors (Lipinski definition) is 4. The van der Waals surface area contributed by atoms with E-state index in [1.807, 2.05) is 24.3 Å². The van der Waals surface area contributed by atoms with Crippen molar-refractivity contribution in [1.82, 2.24) is 9.97 Å². The first kappa shape index (κ1) is 14.8. The average Bonchev–Trinajstić information content (AvgIpc) is 2.98. The van der Waals surface area contributed by atoms with Crippen LogP contribution in [0.3, 0.4) is 0 Å². The van der Waals surface area contributed by atoms with Gasteiger partial charge >= 0.3 is 5.97 Å². The van der Waals surface area contributed by atoms with Crippen LogP contribution in [0.5, 0.6) is 0 Å². The van der Waals surface area contributed by atoms with Crippen molar-refractivity contribution < 1.29 is 9.90 Å². The number of aromatic carboxylic acids is 1. The molecule has 3 rings (SSSR count). The number of halogens is 1. The lowest BCUT2D eigenvalue weighted by Crippen LogP contribution is -2.32. The van der Waals surface area contributed by atoms with E-state index in [1.165, 1.54) is 12.4 Å². The highest BCUT2D eigenvalue weighted by Crippen LogP contribution is 2.27. The molecule has 2 aromatic rings. The molecule has 114 valence electrons. The summed E-state index contributed by atoms with van der Waals surface area (Å²) in [6, 6.07) is 8.16. The molecular weight excluding hydrogens is 302 g/mol. The third-order valence-electron chi connectivity index (χ3n) is 3.94. The van der Waals surface area contributed by atoms with Crippen LogP contribution in [0.2, 0.25) is 5.02 Å². The van der Waals surface area contributed by atoms with Gasteiger partial charge in [-0.1, -0.05) is 29.8 Å². The number of rotatable bonds is 4. The van der Waals surface area contributed by atoms with Gasteiger partial charge in [-0.2, -0.15) is 0 Å². The van der Waals surface area contributed by atoms with Gasteiger partial charge in [0.15, 0.2) is 5.69 Å². The van der Waals surface area contributed by atoms with Crippen LogP contribution < -0.4 is 4.90 Å². The Labute approximate surface area is 133 Å². The number of hydrogen-bond donors (Lipinski definition) is 1. The molecule has 1 unspecified atom stereocenters. The summed E-state index contributed by atoms with van der Waals surface area (Å²) in [6.45, 7) is 0.899. The number of anilines is 1. The number of benzene rings is 1. The molecule has 1 aliphatic heterocycles. The highest BCUT2D eigenvalue weighted by molar-refractivity contribution is 6.31. The van der Waals surface area contributed by atoms with Crippen molar-refractivity contribution in [3.63, 3.8) is 0 Å². The fourth-order valence-corrected chi connectivity index (χ4v) is 3.06. The van der Waals surface area contributed by atoms with Crippen molar-refractivity contribution in [2.75, 3.05) is 11.4 Å². The molecule has 2 heterocycles. The Bertz CT molecular complexity index is 675. The number of carboxylic acids is 1. The second kappa shape index (κ2) is 6.32. The van der Waals surface area contributed by atoms with E-state index in [4.69, 9.17) is 16.7 Å². The molecule has 0 amide bonds. The van der Waals surface area contributed by atoms with E-state index in [0.29, 0.717) is 6.04 Å². The first-order valence-corrected chi connectivity index (χ1v) is 7.58. The smallest absolute Gasteiger partial charge is 0.356 e. The van der Waals surface area contributed by atoms with Gasteiger partial charge in [0.2, 0.25) is 0 Å². The predicted octanol–water partition coefficient (Wildman–Crippen LogP) is 3.04. The molecule has 1 N–H and O–H groups in total. The first-order chi connectivity index (χ1) is 10.6. The van der Waals surface area contributed by atoms with E-state index in [0.717, 1.165) is 42.2 Å². The third-order valence-corrected chi connectivity index (χ3v) is 4.31. The van der Waals surface area contributed by atoms with Crippen LogP contribution in [0.25, 0.3) is 0 Å². The summed E-state index contributed by atoms with van der Waals surface area (Å²) in [5.41, 5.74) is 1.08. The van der Waals surface area contributed by atoms with Crippen LogP contribution in [0.1, 0.15) is 28.9 Å². The Balaban J connectivity index is 1.78. The fourth-order valence-electron chi connectivity index (χ4n) is 2.85. The molecule has 0 spiro atoms. The second-order valence-electron chi connectivity index (χ2n) is 5.35. The molecule has 1 atom stereocenters. The number of carbonyl (C=O) groups is 1. The van der Waals surface area contributed by atoms with E-state index >= 15 is 0 Å². The third kappa shape index (κ3) is 3.04. The molecule has 0 aliphatic carbocycles. The van der Waals surface area contributed by atoms with Crippen molar-refractivity contribution in [2.24, 2.45) is 0 Å². The van der Waals surface area contributed by atoms with Gasteiger partial charge in [0.05, 0.1) is 12.4 Å². The molecule has 0 bridgehead atoms. The molecular formula is C16H16ClN3O2. The molecule has 1 aromatic carbocycles. The number of carboxylic acid groups (broad SMARTS) is 1. The fraction of sp³-hybridized carbons (Fsp3) is 0.312. The van der Waals surface area contributed by atoms with Crippen LogP contribution in [0, 0.1) is 0 Å². The Morgan fingerprint density at radius 1 is 1.32 bits per heavy atom. The number of aromatic nitrogens is 2. The van der Waals surface area contributed by atoms with Crippen molar-refractivity contribution >= 4 is 23.4 Å². The number of nitrogens with zero attached hydrogens (tertiary/aromatic N) is 3. The Hall–Kier alpha value is -2.14. The lowest BCUT2D eigenvalue weighted by molar-refractivity contribution is 0.0690. The second-order valence-corrected chi connectivity index (χ2v) is 5.76. The summed E-state index contributed by atoms with van der Waals surface area (Å²) in [6.07, 6.45) is 5.84. The summed E-state index contributed by atoms with van der Waals surface area (Å²) in [4.78, 5) is 21.2. The van der Waals surface area contributed by atoms with Gasteiger partial charge < -0.3 is 10.0 Å². The Morgan fingerprint density at radius 2 is 2.14 bits per heavy atom. The molecule has 1 saturated heterocycles. The molecule has 0 radical (unpaired) electrons. The maximum Gasteiger partial charge on any atom is 0.356 e. The molecule has 0 saturated carbocycles. The van der Waals surface area contributed by atoms with Gasteiger partial charge in [-0.05, 0) is 30.9 Å². The molecule has 1 aromatic heterocycles. The predicted molar refractivity (Wildman–Crippen MR) is 84.5 cm³/mol.